The van der Waals surface area contributed by atoms with Crippen molar-refractivity contribution >= 4 is 5.71 Å². The molecular weight excluding hydrogens is 216 g/mol. The zero-order valence-electron chi connectivity index (χ0n) is 10.00. The molecular formula is C13H16N2O2. The number of hydrogen-bond donors (Lipinski definition) is 1. The first-order valence-electron chi connectivity index (χ1n) is 5.56. The van der Waals surface area contributed by atoms with E-state index in [-0.39, 0.29) is 0 Å². The van der Waals surface area contributed by atoms with Crippen molar-refractivity contribution in [2.24, 2.45) is 5.10 Å². The van der Waals surface area contributed by atoms with Gasteiger partial charge < -0.3 is 5.11 Å². The summed E-state index contributed by atoms with van der Waals surface area (Å²) in [7, 11) is 0. The van der Waals surface area contributed by atoms with Gasteiger partial charge in [-0.1, -0.05) is 42.0 Å². The van der Waals surface area contributed by atoms with Gasteiger partial charge in [-0.2, -0.15) is 5.17 Å². The van der Waals surface area contributed by atoms with Gasteiger partial charge in [-0.3, -0.25) is 0 Å². The van der Waals surface area contributed by atoms with Crippen LogP contribution in [0, 0.1) is 0 Å². The zero-order valence-corrected chi connectivity index (χ0v) is 10.00. The van der Waals surface area contributed by atoms with Gasteiger partial charge in [-0.15, -0.1) is 5.10 Å². The van der Waals surface area contributed by atoms with E-state index in [9.17, 15) is 5.11 Å². The monoisotopic (exact) mass is 232 g/mol. The minimum absolute atomic E-state index is 0.537. The lowest BCUT2D eigenvalue weighted by Gasteiger charge is -2.10. The van der Waals surface area contributed by atoms with Crippen LogP contribution in [-0.4, -0.2) is 28.8 Å². The fraction of sp³-hybridized carbons (Fsp3) is 0.308. The molecule has 1 aliphatic rings. The van der Waals surface area contributed by atoms with E-state index >= 15 is 0 Å². The number of aliphatic hydroxyl groups is 1. The first-order valence-corrected chi connectivity index (χ1v) is 5.56. The van der Waals surface area contributed by atoms with Crippen LogP contribution in [-0.2, 0) is 4.84 Å². The molecule has 1 heterocycles. The maximum atomic E-state index is 9.76. The van der Waals surface area contributed by atoms with Crippen LogP contribution in [0.15, 0.2) is 47.1 Å². The molecule has 0 saturated heterocycles. The third-order valence-electron chi connectivity index (χ3n) is 2.40. The van der Waals surface area contributed by atoms with Crippen LogP contribution < -0.4 is 0 Å². The van der Waals surface area contributed by atoms with E-state index in [1.165, 1.54) is 10.7 Å². The van der Waals surface area contributed by atoms with E-state index in [0.29, 0.717) is 12.3 Å². The molecule has 1 aromatic carbocycles. The number of rotatable bonds is 3. The van der Waals surface area contributed by atoms with Crippen molar-refractivity contribution in [3.63, 3.8) is 0 Å². The maximum Gasteiger partial charge on any atom is 0.228 e. The molecule has 1 aromatic rings. The molecule has 4 heteroatoms. The minimum atomic E-state index is -0.983. The van der Waals surface area contributed by atoms with Crippen molar-refractivity contribution < 1.29 is 9.94 Å². The highest BCUT2D eigenvalue weighted by molar-refractivity contribution is 6.03. The quantitative estimate of drug-likeness (QED) is 0.810. The molecule has 0 aromatic heterocycles. The average Bonchev–Trinajstić information content (AvgIpc) is 2.69. The molecule has 0 unspecified atom stereocenters. The summed E-state index contributed by atoms with van der Waals surface area (Å²) >= 11 is 0. The maximum absolute atomic E-state index is 9.76. The van der Waals surface area contributed by atoms with E-state index in [1.54, 1.807) is 0 Å². The van der Waals surface area contributed by atoms with Crippen LogP contribution >= 0.6 is 0 Å². The first kappa shape index (κ1) is 11.8. The Labute approximate surface area is 101 Å². The van der Waals surface area contributed by atoms with E-state index in [2.05, 4.69) is 5.10 Å². The number of allylic oxidation sites excluding steroid dienone is 1. The molecule has 0 saturated carbocycles. The fourth-order valence-electron chi connectivity index (χ4n) is 1.51. The molecule has 1 atom stereocenters. The summed E-state index contributed by atoms with van der Waals surface area (Å²) in [6.07, 6.45) is 1.01. The number of nitrogens with zero attached hydrogens (tertiary/aromatic N) is 2. The van der Waals surface area contributed by atoms with E-state index in [1.807, 2.05) is 50.3 Å². The lowest BCUT2D eigenvalue weighted by atomic mass is 10.1. The Morgan fingerprint density at radius 3 is 2.76 bits per heavy atom. The Morgan fingerprint density at radius 2 is 2.12 bits per heavy atom. The van der Waals surface area contributed by atoms with Crippen LogP contribution in [0.1, 0.15) is 19.4 Å². The largest absolute Gasteiger partial charge is 0.361 e. The molecule has 0 fully saturated rings. The molecule has 1 N–H and O–H groups in total. The summed E-state index contributed by atoms with van der Waals surface area (Å²) in [4.78, 5) is 5.22. The summed E-state index contributed by atoms with van der Waals surface area (Å²) in [5.74, 6) is 0. The zero-order chi connectivity index (χ0) is 12.3. The molecule has 17 heavy (non-hydrogen) atoms. The molecule has 4 nitrogen and oxygen atoms in total. The predicted octanol–water partition coefficient (Wildman–Crippen LogP) is 1.92. The van der Waals surface area contributed by atoms with Crippen molar-refractivity contribution in [3.05, 3.63) is 47.5 Å². The third kappa shape index (κ3) is 2.93. The van der Waals surface area contributed by atoms with E-state index in [4.69, 9.17) is 4.84 Å². The average molecular weight is 232 g/mol. The van der Waals surface area contributed by atoms with Gasteiger partial charge in [0.15, 0.2) is 0 Å². The molecule has 0 aliphatic carbocycles. The van der Waals surface area contributed by atoms with Crippen LogP contribution in [0.4, 0.5) is 0 Å². The van der Waals surface area contributed by atoms with Gasteiger partial charge in [0.2, 0.25) is 6.29 Å². The van der Waals surface area contributed by atoms with Gasteiger partial charge >= 0.3 is 0 Å². The van der Waals surface area contributed by atoms with Gasteiger partial charge in [0.05, 0.1) is 6.54 Å². The van der Waals surface area contributed by atoms with Crippen LogP contribution in [0.2, 0.25) is 0 Å². The number of benzene rings is 1. The van der Waals surface area contributed by atoms with Gasteiger partial charge in [0.25, 0.3) is 0 Å². The SMILES string of the molecule is CC(C)=CCN1N=C(c2ccccc2)[C@H](O)O1. The summed E-state index contributed by atoms with van der Waals surface area (Å²) in [5, 5.41) is 15.4. The van der Waals surface area contributed by atoms with Gasteiger partial charge in [-0.25, -0.2) is 4.84 Å². The Bertz CT molecular complexity index is 436. The van der Waals surface area contributed by atoms with Gasteiger partial charge in [0.1, 0.15) is 5.71 Å². The Balaban J connectivity index is 2.13. The van der Waals surface area contributed by atoms with Crippen molar-refractivity contribution in [2.45, 2.75) is 20.1 Å². The number of hydroxylamine groups is 1. The van der Waals surface area contributed by atoms with Crippen LogP contribution in [0.25, 0.3) is 0 Å². The van der Waals surface area contributed by atoms with Crippen LogP contribution in [0.5, 0.6) is 0 Å². The van der Waals surface area contributed by atoms with E-state index in [0.717, 1.165) is 5.56 Å². The first-order chi connectivity index (χ1) is 8.16. The number of hydrazone groups is 1. The van der Waals surface area contributed by atoms with Gasteiger partial charge in [-0.05, 0) is 13.8 Å². The summed E-state index contributed by atoms with van der Waals surface area (Å²) in [6.45, 7) is 4.55. The second-order valence-corrected chi connectivity index (χ2v) is 4.13. The smallest absolute Gasteiger partial charge is 0.228 e. The van der Waals surface area contributed by atoms with E-state index < -0.39 is 6.29 Å². The molecule has 90 valence electrons. The summed E-state index contributed by atoms with van der Waals surface area (Å²) in [5.41, 5.74) is 2.61. The molecule has 0 radical (unpaired) electrons. The molecule has 0 amide bonds. The Kier molecular flexibility index (Phi) is 3.56. The summed E-state index contributed by atoms with van der Waals surface area (Å²) in [6, 6.07) is 9.53. The fourth-order valence-corrected chi connectivity index (χ4v) is 1.51. The standard InChI is InChI=1S/C13H16N2O2/c1-10(2)8-9-15-14-12(13(16)17-15)11-6-4-3-5-7-11/h3-8,13,16H,9H2,1-2H3/t13-/m1/s1. The highest BCUT2D eigenvalue weighted by Gasteiger charge is 2.26. The molecule has 2 rings (SSSR count). The van der Waals surface area contributed by atoms with Gasteiger partial charge in [0, 0.05) is 5.56 Å². The highest BCUT2D eigenvalue weighted by atomic mass is 16.8. The second kappa shape index (κ2) is 5.12. The second-order valence-electron chi connectivity index (χ2n) is 4.13. The minimum Gasteiger partial charge on any atom is -0.361 e. The Morgan fingerprint density at radius 1 is 1.41 bits per heavy atom. The Hall–Kier alpha value is -1.65. The van der Waals surface area contributed by atoms with Crippen molar-refractivity contribution in [3.8, 4) is 0 Å². The lowest BCUT2D eigenvalue weighted by molar-refractivity contribution is -0.211. The number of hydrogen-bond acceptors (Lipinski definition) is 4. The predicted molar refractivity (Wildman–Crippen MR) is 66.2 cm³/mol. The summed E-state index contributed by atoms with van der Waals surface area (Å²) < 4.78 is 0. The van der Waals surface area contributed by atoms with Crippen LogP contribution in [0.3, 0.4) is 0 Å². The lowest BCUT2D eigenvalue weighted by Crippen LogP contribution is -2.22. The topological polar surface area (TPSA) is 45.1 Å². The number of aliphatic hydroxyl groups excluding tert-OH is 1. The van der Waals surface area contributed by atoms with Crippen molar-refractivity contribution in [1.82, 2.24) is 5.17 Å². The third-order valence-corrected chi connectivity index (χ3v) is 2.40. The molecule has 1 aliphatic heterocycles. The van der Waals surface area contributed by atoms with Crippen molar-refractivity contribution in [2.75, 3.05) is 6.54 Å². The molecule has 0 bridgehead atoms. The normalized spacial score (nSPS) is 19.1. The molecule has 0 spiro atoms. The highest BCUT2D eigenvalue weighted by Crippen LogP contribution is 2.15. The van der Waals surface area contributed by atoms with Crippen molar-refractivity contribution in [1.29, 1.82) is 0 Å².